The summed E-state index contributed by atoms with van der Waals surface area (Å²) >= 11 is 0. The number of nitrogens with zero attached hydrogens (tertiary/aromatic N) is 1. The van der Waals surface area contributed by atoms with E-state index in [9.17, 15) is 19.0 Å². The van der Waals surface area contributed by atoms with Gasteiger partial charge in [-0.1, -0.05) is 247 Å². The molecule has 0 spiro atoms. The Morgan fingerprint density at radius 1 is 0.468 bits per heavy atom. The highest BCUT2D eigenvalue weighted by Gasteiger charge is 2.30. The van der Waals surface area contributed by atoms with Crippen molar-refractivity contribution in [1.82, 2.24) is 5.32 Å². The fourth-order valence-electron chi connectivity index (χ4n) is 8.90. The minimum atomic E-state index is -4.46. The van der Waals surface area contributed by atoms with Crippen molar-refractivity contribution in [3.8, 4) is 0 Å². The maximum absolute atomic E-state index is 13.5. The molecule has 0 heterocycles. The normalized spacial score (nSPS) is 14.2. The first kappa shape index (κ1) is 74.2. The molecule has 2 N–H and O–H groups in total. The number of nitrogens with one attached hydrogen (secondary N) is 1. The van der Waals surface area contributed by atoms with Gasteiger partial charge in [0, 0.05) is 12.8 Å². The van der Waals surface area contributed by atoms with Crippen molar-refractivity contribution in [2.24, 2.45) is 0 Å². The van der Waals surface area contributed by atoms with Crippen molar-refractivity contribution in [3.63, 3.8) is 0 Å². The van der Waals surface area contributed by atoms with Crippen molar-refractivity contribution in [1.29, 1.82) is 0 Å². The molecule has 0 saturated heterocycles. The molecule has 77 heavy (non-hydrogen) atoms. The quantitative estimate of drug-likeness (QED) is 0.0205. The monoisotopic (exact) mass is 1100 g/mol. The highest BCUT2D eigenvalue weighted by molar-refractivity contribution is 7.47. The van der Waals surface area contributed by atoms with Crippen LogP contribution in [0.4, 0.5) is 0 Å². The van der Waals surface area contributed by atoms with Gasteiger partial charge in [0.15, 0.2) is 0 Å². The summed E-state index contributed by atoms with van der Waals surface area (Å²) in [7, 11) is 1.48. The number of esters is 1. The van der Waals surface area contributed by atoms with Gasteiger partial charge in [0.05, 0.1) is 33.8 Å². The number of phosphoric acid groups is 1. The van der Waals surface area contributed by atoms with E-state index in [0.29, 0.717) is 17.4 Å². The highest BCUT2D eigenvalue weighted by atomic mass is 31.2. The number of unbranched alkanes of at least 4 members (excludes halogenated alkanes) is 29. The van der Waals surface area contributed by atoms with Gasteiger partial charge in [-0.05, 0) is 102 Å². The minimum Gasteiger partial charge on any atom is -0.456 e. The Morgan fingerprint density at radius 2 is 0.831 bits per heavy atom. The number of quaternary nitrogens is 1. The largest absolute Gasteiger partial charge is 0.472 e. The van der Waals surface area contributed by atoms with Crippen molar-refractivity contribution < 1.29 is 37.3 Å². The lowest BCUT2D eigenvalue weighted by atomic mass is 10.0. The first-order chi connectivity index (χ1) is 37.4. The van der Waals surface area contributed by atoms with Crippen LogP contribution in [0.3, 0.4) is 0 Å². The third-order valence-electron chi connectivity index (χ3n) is 13.8. The first-order valence-corrected chi connectivity index (χ1v) is 33.4. The molecule has 0 fully saturated rings. The number of hydrogen-bond donors (Lipinski definition) is 2. The fraction of sp³-hybridized carbons (Fsp3) is 0.761. The Bertz CT molecular complexity index is 1590. The smallest absolute Gasteiger partial charge is 0.456 e. The van der Waals surface area contributed by atoms with Gasteiger partial charge in [-0.2, -0.15) is 0 Å². The van der Waals surface area contributed by atoms with E-state index < -0.39 is 20.0 Å². The highest BCUT2D eigenvalue weighted by Crippen LogP contribution is 2.43. The summed E-state index contributed by atoms with van der Waals surface area (Å²) in [6.45, 7) is 6.88. The van der Waals surface area contributed by atoms with Crippen molar-refractivity contribution >= 4 is 19.7 Å². The predicted molar refractivity (Wildman–Crippen MR) is 332 cm³/mol. The molecule has 446 valence electrons. The molecular formula is C67H122N2O7P+. The zero-order chi connectivity index (χ0) is 56.4. The topological polar surface area (TPSA) is 111 Å². The molecule has 0 aromatic carbocycles. The molecule has 0 aromatic heterocycles. The zero-order valence-corrected chi connectivity index (χ0v) is 51.8. The second-order valence-electron chi connectivity index (χ2n) is 22.5. The second kappa shape index (κ2) is 56.5. The van der Waals surface area contributed by atoms with E-state index in [1.54, 1.807) is 0 Å². The van der Waals surface area contributed by atoms with Gasteiger partial charge in [-0.25, -0.2) is 4.57 Å². The van der Waals surface area contributed by atoms with Gasteiger partial charge in [0.2, 0.25) is 5.91 Å². The molecule has 0 aromatic rings. The molecule has 10 heteroatoms. The lowest BCUT2D eigenvalue weighted by molar-refractivity contribution is -0.870. The van der Waals surface area contributed by atoms with Crippen LogP contribution in [0.25, 0.3) is 0 Å². The van der Waals surface area contributed by atoms with E-state index in [-0.39, 0.29) is 31.5 Å². The van der Waals surface area contributed by atoms with Gasteiger partial charge in [-0.3, -0.25) is 18.6 Å². The SMILES string of the molecule is CC/C=C\C/C=C\C/C=C\C/C=C\C/C=C\CCCCCCCCCCCC(=O)OC(/C=C\CCCCCCCCCCCCC)C(COP(=O)(O)OCC[N+](C)(C)C)NC(=O)CCCCC/C=C\CCCCCCCC. The van der Waals surface area contributed by atoms with Crippen LogP contribution in [0.15, 0.2) is 85.1 Å². The number of ether oxygens (including phenoxy) is 1. The molecule has 0 saturated carbocycles. The summed E-state index contributed by atoms with van der Waals surface area (Å²) in [5.74, 6) is -0.530. The van der Waals surface area contributed by atoms with Crippen LogP contribution < -0.4 is 5.32 Å². The van der Waals surface area contributed by atoms with Crippen LogP contribution in [0.2, 0.25) is 0 Å². The zero-order valence-electron chi connectivity index (χ0n) is 50.9. The molecule has 0 radical (unpaired) electrons. The molecular weight excluding hydrogens is 976 g/mol. The van der Waals surface area contributed by atoms with Gasteiger partial charge in [0.1, 0.15) is 19.3 Å². The summed E-state index contributed by atoms with van der Waals surface area (Å²) in [6, 6.07) is -0.862. The number of rotatable bonds is 57. The van der Waals surface area contributed by atoms with Crippen LogP contribution in [0.1, 0.15) is 278 Å². The van der Waals surface area contributed by atoms with E-state index in [2.05, 4.69) is 99.0 Å². The molecule has 0 rings (SSSR count). The average molecular weight is 1100 g/mol. The lowest BCUT2D eigenvalue weighted by Crippen LogP contribution is -2.47. The standard InChI is InChI=1S/C67H121N2O7P/c1-7-10-13-16-19-22-25-28-29-30-31-32-33-34-35-36-37-38-39-42-45-48-51-54-57-60-67(71)76-65(58-55-52-49-46-43-40-26-23-20-17-14-11-8-2)64(63-75-77(72,73)74-62-61-69(4,5)6)68-66(70)59-56-53-50-47-44-41-27-24-21-18-15-12-9-3/h10,13,19,22,28-29,31-32,34-35,41,44,55,58,64-65H,7-9,11-12,14-18,20-21,23-27,30,33,36-40,42-43,45-54,56-57,59-63H2,1-6H3,(H-,68,70,72,73)/p+1/b13-10-,22-19-,29-28-,32-31-,35-34-,44-41-,58-55-. The van der Waals surface area contributed by atoms with Crippen LogP contribution in [0.5, 0.6) is 0 Å². The van der Waals surface area contributed by atoms with Crippen LogP contribution in [-0.2, 0) is 27.9 Å². The number of likely N-dealkylation sites (N-methyl/N-ethyl adjacent to an activating group) is 1. The molecule has 3 atom stereocenters. The maximum Gasteiger partial charge on any atom is 0.472 e. The number of carbonyl (C=O) groups is 2. The third kappa shape index (κ3) is 57.7. The first-order valence-electron chi connectivity index (χ1n) is 31.9. The van der Waals surface area contributed by atoms with Gasteiger partial charge < -0.3 is 19.4 Å². The summed E-state index contributed by atoms with van der Waals surface area (Å²) in [4.78, 5) is 37.7. The van der Waals surface area contributed by atoms with Crippen molar-refractivity contribution in [3.05, 3.63) is 85.1 Å². The average Bonchev–Trinajstić information content (AvgIpc) is 3.39. The van der Waals surface area contributed by atoms with Gasteiger partial charge >= 0.3 is 13.8 Å². The number of carbonyl (C=O) groups excluding carboxylic acids is 2. The predicted octanol–water partition coefficient (Wildman–Crippen LogP) is 19.8. The van der Waals surface area contributed by atoms with E-state index in [4.69, 9.17) is 13.8 Å². The molecule has 0 bridgehead atoms. The lowest BCUT2D eigenvalue weighted by Gasteiger charge is -2.27. The van der Waals surface area contributed by atoms with E-state index in [1.165, 1.54) is 128 Å². The number of amides is 1. The molecule has 0 aliphatic heterocycles. The third-order valence-corrected chi connectivity index (χ3v) is 14.8. The molecule has 0 aliphatic carbocycles. The Labute approximate surface area is 476 Å². The number of hydrogen-bond acceptors (Lipinski definition) is 6. The minimum absolute atomic E-state index is 0.0340. The molecule has 3 unspecified atom stereocenters. The van der Waals surface area contributed by atoms with Gasteiger partial charge in [0.25, 0.3) is 0 Å². The Balaban J connectivity index is 5.18. The summed E-state index contributed by atoms with van der Waals surface area (Å²) in [5.41, 5.74) is 0. The molecule has 0 aliphatic rings. The van der Waals surface area contributed by atoms with E-state index in [1.807, 2.05) is 33.3 Å². The fourth-order valence-corrected chi connectivity index (χ4v) is 9.64. The second-order valence-corrected chi connectivity index (χ2v) is 24.0. The summed E-state index contributed by atoms with van der Waals surface area (Å²) < 4.78 is 30.7. The maximum atomic E-state index is 13.5. The Kier molecular flexibility index (Phi) is 54.4. The van der Waals surface area contributed by atoms with Crippen LogP contribution in [-0.4, -0.2) is 74.3 Å². The summed E-state index contributed by atoms with van der Waals surface area (Å²) in [5, 5.41) is 3.04. The van der Waals surface area contributed by atoms with Crippen LogP contribution in [0, 0.1) is 0 Å². The van der Waals surface area contributed by atoms with Crippen molar-refractivity contribution in [2.75, 3.05) is 40.9 Å². The van der Waals surface area contributed by atoms with Crippen LogP contribution >= 0.6 is 7.82 Å². The Morgan fingerprint density at radius 3 is 1.27 bits per heavy atom. The number of phosphoric ester groups is 1. The van der Waals surface area contributed by atoms with Crippen molar-refractivity contribution in [2.45, 2.75) is 290 Å². The van der Waals surface area contributed by atoms with Gasteiger partial charge in [-0.15, -0.1) is 0 Å². The molecule has 9 nitrogen and oxygen atoms in total. The van der Waals surface area contributed by atoms with E-state index >= 15 is 0 Å². The summed E-state index contributed by atoms with van der Waals surface area (Å²) in [6.07, 6.45) is 74.4. The van der Waals surface area contributed by atoms with E-state index in [0.717, 1.165) is 116 Å². The molecule has 1 amide bonds. The number of allylic oxidation sites excluding steroid dienone is 13. The Hall–Kier alpha value is -2.81.